The highest BCUT2D eigenvalue weighted by Crippen LogP contribution is 2.10. The fraction of sp³-hybridized carbons (Fsp3) is 0.0556. The number of hydrogen-bond donors (Lipinski definition) is 3. The van der Waals surface area contributed by atoms with Crippen LogP contribution in [0, 0.1) is 0 Å². The highest BCUT2D eigenvalue weighted by atomic mass is 16.2. The molecule has 4 rings (SSSR count). The number of benzene rings is 2. The van der Waals surface area contributed by atoms with Gasteiger partial charge in [0, 0.05) is 6.07 Å². The monoisotopic (exact) mass is 333 g/mol. The van der Waals surface area contributed by atoms with Gasteiger partial charge in [0.15, 0.2) is 0 Å². The molecule has 0 saturated carbocycles. The van der Waals surface area contributed by atoms with Crippen molar-refractivity contribution in [1.82, 2.24) is 25.1 Å². The van der Waals surface area contributed by atoms with E-state index in [-0.39, 0.29) is 23.7 Å². The maximum absolute atomic E-state index is 12.3. The Labute approximate surface area is 142 Å². The summed E-state index contributed by atoms with van der Waals surface area (Å²) in [5, 5.41) is 5.57. The van der Waals surface area contributed by atoms with Crippen LogP contribution in [0.5, 0.6) is 0 Å². The Balaban J connectivity index is 1.51. The summed E-state index contributed by atoms with van der Waals surface area (Å²) in [6, 6.07) is 18.0. The number of nitrogens with one attached hydrogen (secondary N) is 3. The highest BCUT2D eigenvalue weighted by Gasteiger charge is 2.12. The van der Waals surface area contributed by atoms with Crippen molar-refractivity contribution in [2.24, 2.45) is 0 Å². The largest absolute Gasteiger partial charge is 0.343 e. The zero-order valence-corrected chi connectivity index (χ0v) is 13.2. The SMILES string of the molecule is O=C(NCc1nc2ccccc2[nH]1)c1cc(=O)n(-c2ccccc2)[nH]1. The predicted octanol–water partition coefficient (Wildman–Crippen LogP) is 1.97. The second-order valence-electron chi connectivity index (χ2n) is 5.56. The first-order valence-corrected chi connectivity index (χ1v) is 7.80. The first-order chi connectivity index (χ1) is 12.2. The van der Waals surface area contributed by atoms with Crippen LogP contribution in [-0.2, 0) is 6.54 Å². The first kappa shape index (κ1) is 14.9. The lowest BCUT2D eigenvalue weighted by molar-refractivity contribution is 0.0944. The molecule has 7 nitrogen and oxygen atoms in total. The van der Waals surface area contributed by atoms with Gasteiger partial charge in [-0.2, -0.15) is 0 Å². The fourth-order valence-electron chi connectivity index (χ4n) is 2.63. The molecule has 0 atom stereocenters. The van der Waals surface area contributed by atoms with Crippen molar-refractivity contribution in [3.8, 4) is 5.69 Å². The molecule has 2 heterocycles. The van der Waals surface area contributed by atoms with E-state index in [2.05, 4.69) is 20.4 Å². The predicted molar refractivity (Wildman–Crippen MR) is 93.7 cm³/mol. The molecule has 0 fully saturated rings. The average Bonchev–Trinajstić information content (AvgIpc) is 3.23. The van der Waals surface area contributed by atoms with Crippen LogP contribution in [0.15, 0.2) is 65.5 Å². The molecular formula is C18H15N5O2. The van der Waals surface area contributed by atoms with Gasteiger partial charge < -0.3 is 10.3 Å². The van der Waals surface area contributed by atoms with E-state index in [4.69, 9.17) is 0 Å². The van der Waals surface area contributed by atoms with Crippen LogP contribution < -0.4 is 10.9 Å². The van der Waals surface area contributed by atoms with E-state index in [1.807, 2.05) is 42.5 Å². The minimum Gasteiger partial charge on any atom is -0.343 e. The van der Waals surface area contributed by atoms with Crippen LogP contribution in [0.2, 0.25) is 0 Å². The molecule has 4 aromatic rings. The third kappa shape index (κ3) is 2.94. The van der Waals surface area contributed by atoms with Crippen molar-refractivity contribution in [2.45, 2.75) is 6.54 Å². The van der Waals surface area contributed by atoms with Crippen LogP contribution in [0.3, 0.4) is 0 Å². The van der Waals surface area contributed by atoms with Crippen molar-refractivity contribution in [3.63, 3.8) is 0 Å². The maximum atomic E-state index is 12.3. The molecule has 7 heteroatoms. The quantitative estimate of drug-likeness (QED) is 0.533. The average molecular weight is 333 g/mol. The number of amides is 1. The lowest BCUT2D eigenvalue weighted by Gasteiger charge is -2.02. The Morgan fingerprint density at radius 3 is 2.64 bits per heavy atom. The number of H-pyrrole nitrogens is 2. The Kier molecular flexibility index (Phi) is 3.66. The summed E-state index contributed by atoms with van der Waals surface area (Å²) in [4.78, 5) is 31.9. The van der Waals surface area contributed by atoms with Gasteiger partial charge in [0.1, 0.15) is 11.5 Å². The summed E-state index contributed by atoms with van der Waals surface area (Å²) in [5.41, 5.74) is 2.33. The number of carbonyl (C=O) groups is 1. The first-order valence-electron chi connectivity index (χ1n) is 7.80. The van der Waals surface area contributed by atoms with Crippen LogP contribution in [-0.4, -0.2) is 25.7 Å². The number of imidazole rings is 1. The number of hydrogen-bond acceptors (Lipinski definition) is 3. The Morgan fingerprint density at radius 2 is 1.84 bits per heavy atom. The number of aromatic nitrogens is 4. The molecule has 2 aromatic carbocycles. The topological polar surface area (TPSA) is 95.6 Å². The molecule has 0 bridgehead atoms. The third-order valence-electron chi connectivity index (χ3n) is 3.83. The minimum atomic E-state index is -0.368. The van der Waals surface area contributed by atoms with Crippen molar-refractivity contribution < 1.29 is 4.79 Å². The minimum absolute atomic E-state index is 0.199. The van der Waals surface area contributed by atoms with Gasteiger partial charge in [-0.05, 0) is 24.3 Å². The molecule has 0 spiro atoms. The molecule has 0 saturated heterocycles. The van der Waals surface area contributed by atoms with E-state index < -0.39 is 0 Å². The lowest BCUT2D eigenvalue weighted by atomic mass is 10.3. The van der Waals surface area contributed by atoms with Gasteiger partial charge in [-0.3, -0.25) is 14.7 Å². The van der Waals surface area contributed by atoms with E-state index in [1.54, 1.807) is 12.1 Å². The van der Waals surface area contributed by atoms with Crippen LogP contribution in [0.4, 0.5) is 0 Å². The van der Waals surface area contributed by atoms with E-state index in [1.165, 1.54) is 10.7 Å². The van der Waals surface area contributed by atoms with E-state index in [9.17, 15) is 9.59 Å². The number of nitrogens with zero attached hydrogens (tertiary/aromatic N) is 2. The van der Waals surface area contributed by atoms with E-state index >= 15 is 0 Å². The van der Waals surface area contributed by atoms with Gasteiger partial charge in [-0.1, -0.05) is 30.3 Å². The summed E-state index contributed by atoms with van der Waals surface area (Å²) in [6.45, 7) is 0.242. The summed E-state index contributed by atoms with van der Waals surface area (Å²) in [6.07, 6.45) is 0. The number of fused-ring (bicyclic) bond motifs is 1. The molecule has 0 aliphatic heterocycles. The van der Waals surface area contributed by atoms with Gasteiger partial charge >= 0.3 is 0 Å². The Morgan fingerprint density at radius 1 is 1.08 bits per heavy atom. The van der Waals surface area contributed by atoms with Gasteiger partial charge in [-0.25, -0.2) is 9.67 Å². The van der Waals surface area contributed by atoms with Crippen molar-refractivity contribution in [1.29, 1.82) is 0 Å². The summed E-state index contributed by atoms with van der Waals surface area (Å²) in [5.74, 6) is 0.284. The Hall–Kier alpha value is -3.61. The van der Waals surface area contributed by atoms with Gasteiger partial charge in [0.2, 0.25) is 0 Å². The molecule has 1 amide bonds. The molecular weight excluding hydrogens is 318 g/mol. The number of aromatic amines is 2. The second-order valence-corrected chi connectivity index (χ2v) is 5.56. The molecule has 0 aliphatic rings. The van der Waals surface area contributed by atoms with Crippen LogP contribution in [0.1, 0.15) is 16.3 Å². The lowest BCUT2D eigenvalue weighted by Crippen LogP contribution is -2.24. The molecule has 124 valence electrons. The van der Waals surface area contributed by atoms with E-state index in [0.29, 0.717) is 11.5 Å². The van der Waals surface area contributed by atoms with Crippen LogP contribution >= 0.6 is 0 Å². The standard InChI is InChI=1S/C18H15N5O2/c24-17-10-15(22-23(17)12-6-2-1-3-7-12)18(25)19-11-16-20-13-8-4-5-9-14(13)21-16/h1-10,22H,11H2,(H,19,25)(H,20,21). The highest BCUT2D eigenvalue weighted by molar-refractivity contribution is 5.92. The van der Waals surface area contributed by atoms with E-state index in [0.717, 1.165) is 11.0 Å². The molecule has 0 aliphatic carbocycles. The number of para-hydroxylation sites is 3. The van der Waals surface area contributed by atoms with Crippen LogP contribution in [0.25, 0.3) is 16.7 Å². The molecule has 0 unspecified atom stereocenters. The summed E-state index contributed by atoms with van der Waals surface area (Å²) in [7, 11) is 0. The zero-order chi connectivity index (χ0) is 17.2. The van der Waals surface area contributed by atoms with Gasteiger partial charge in [-0.15, -0.1) is 0 Å². The summed E-state index contributed by atoms with van der Waals surface area (Å²) < 4.78 is 1.33. The molecule has 3 N–H and O–H groups in total. The number of carbonyl (C=O) groups excluding carboxylic acids is 1. The van der Waals surface area contributed by atoms with Crippen molar-refractivity contribution >= 4 is 16.9 Å². The van der Waals surface area contributed by atoms with Gasteiger partial charge in [0.05, 0.1) is 23.3 Å². The zero-order valence-electron chi connectivity index (χ0n) is 13.2. The fourth-order valence-corrected chi connectivity index (χ4v) is 2.63. The molecule has 2 aromatic heterocycles. The normalized spacial score (nSPS) is 10.9. The molecule has 0 radical (unpaired) electrons. The smallest absolute Gasteiger partial charge is 0.271 e. The molecule has 25 heavy (non-hydrogen) atoms. The van der Waals surface area contributed by atoms with Crippen molar-refractivity contribution in [2.75, 3.05) is 0 Å². The summed E-state index contributed by atoms with van der Waals surface area (Å²) >= 11 is 0. The maximum Gasteiger partial charge on any atom is 0.271 e. The van der Waals surface area contributed by atoms with Gasteiger partial charge in [0.25, 0.3) is 11.5 Å². The Bertz CT molecular complexity index is 1060. The van der Waals surface area contributed by atoms with Crippen molar-refractivity contribution in [3.05, 3.63) is 82.5 Å². The second kappa shape index (κ2) is 6.12. The third-order valence-corrected chi connectivity index (χ3v) is 3.83. The number of rotatable bonds is 4.